The maximum absolute atomic E-state index is 14.0. The topological polar surface area (TPSA) is 149 Å². The molecule has 3 aliphatic rings. The summed E-state index contributed by atoms with van der Waals surface area (Å²) >= 11 is 7.21. The van der Waals surface area contributed by atoms with Crippen molar-refractivity contribution in [2.24, 2.45) is 14.1 Å². The molecule has 0 unspecified atom stereocenters. The number of ether oxygens (including phenoxy) is 2. The summed E-state index contributed by atoms with van der Waals surface area (Å²) in [7, 11) is 5.70. The van der Waals surface area contributed by atoms with Crippen LogP contribution in [0.3, 0.4) is 0 Å². The first-order chi connectivity index (χ1) is 27.6. The molecule has 0 radical (unpaired) electrons. The van der Waals surface area contributed by atoms with Crippen molar-refractivity contribution in [3.63, 3.8) is 0 Å². The number of amides is 2. The lowest BCUT2D eigenvalue weighted by molar-refractivity contribution is -0.144. The predicted molar refractivity (Wildman–Crippen MR) is 212 cm³/mol. The molecule has 0 saturated carbocycles. The molecule has 18 heteroatoms. The van der Waals surface area contributed by atoms with Crippen LogP contribution in [-0.2, 0) is 31.4 Å². The highest BCUT2D eigenvalue weighted by molar-refractivity contribution is 6.36. The Morgan fingerprint density at radius 1 is 1.00 bits per heavy atom. The monoisotopic (exact) mass is 819 g/mol. The largest absolute Gasteiger partial charge is 0.481 e. The number of alkyl halides is 3. The highest BCUT2D eigenvalue weighted by Gasteiger charge is 2.49. The van der Waals surface area contributed by atoms with E-state index in [1.54, 1.807) is 33.3 Å². The Kier molecular flexibility index (Phi) is 9.96. The number of nitrogens with one attached hydrogen (secondary N) is 2. The second-order valence-electron chi connectivity index (χ2n) is 15.1. The first-order valence-electron chi connectivity index (χ1n) is 18.7. The lowest BCUT2D eigenvalue weighted by Gasteiger charge is -2.28. The van der Waals surface area contributed by atoms with Crippen molar-refractivity contribution in [2.75, 3.05) is 52.3 Å². The number of carbonyl (C=O) groups is 1. The molecule has 2 fully saturated rings. The summed E-state index contributed by atoms with van der Waals surface area (Å²) in [5, 5.41) is 6.30. The molecule has 2 aromatic carbocycles. The molecule has 1 spiro atoms. The van der Waals surface area contributed by atoms with Gasteiger partial charge in [-0.25, -0.2) is 24.5 Å². The van der Waals surface area contributed by atoms with Gasteiger partial charge in [0.05, 0.1) is 30.0 Å². The molecule has 0 bridgehead atoms. The summed E-state index contributed by atoms with van der Waals surface area (Å²) in [5.41, 5.74) is 3.24. The van der Waals surface area contributed by atoms with Crippen LogP contribution < -0.4 is 26.6 Å². The van der Waals surface area contributed by atoms with Gasteiger partial charge in [-0.2, -0.15) is 13.2 Å². The summed E-state index contributed by atoms with van der Waals surface area (Å²) in [6.45, 7) is 4.96. The Balaban J connectivity index is 1.11. The molecule has 14 nitrogen and oxygen atoms in total. The van der Waals surface area contributed by atoms with Crippen LogP contribution in [0.2, 0.25) is 5.02 Å². The van der Waals surface area contributed by atoms with E-state index in [9.17, 15) is 27.6 Å². The van der Waals surface area contributed by atoms with Crippen molar-refractivity contribution in [1.29, 1.82) is 0 Å². The second kappa shape index (κ2) is 14.7. The van der Waals surface area contributed by atoms with Crippen LogP contribution in [-0.4, -0.2) is 92.5 Å². The van der Waals surface area contributed by atoms with Gasteiger partial charge in [-0.05, 0) is 55.0 Å². The molecule has 2 atom stereocenters. The predicted octanol–water partition coefficient (Wildman–Crippen LogP) is 5.59. The van der Waals surface area contributed by atoms with E-state index in [0.29, 0.717) is 70.8 Å². The molecule has 8 rings (SSSR count). The van der Waals surface area contributed by atoms with Gasteiger partial charge >= 0.3 is 17.9 Å². The number of halogens is 4. The number of hydrogen-bond donors (Lipinski definition) is 2. The van der Waals surface area contributed by atoms with Gasteiger partial charge in [0, 0.05) is 75.8 Å². The molecular formula is C40H41ClF3N9O5. The third kappa shape index (κ3) is 6.63. The number of aromatic nitrogens is 5. The maximum Gasteiger partial charge on any atom is 0.451 e. The van der Waals surface area contributed by atoms with E-state index in [4.69, 9.17) is 26.1 Å². The number of rotatable bonds is 9. The molecule has 5 aromatic rings. The summed E-state index contributed by atoms with van der Waals surface area (Å²) < 4.78 is 54.8. The van der Waals surface area contributed by atoms with Gasteiger partial charge in [0.15, 0.2) is 5.65 Å². The van der Waals surface area contributed by atoms with Gasteiger partial charge in [0.1, 0.15) is 11.2 Å². The number of fused-ring (bicyclic) bond motifs is 2. The van der Waals surface area contributed by atoms with Gasteiger partial charge in [-0.1, -0.05) is 41.9 Å². The zero-order valence-electron chi connectivity index (χ0n) is 32.5. The third-order valence-corrected chi connectivity index (χ3v) is 12.0. The van der Waals surface area contributed by atoms with Gasteiger partial charge < -0.3 is 25.0 Å². The Bertz CT molecular complexity index is 2620. The van der Waals surface area contributed by atoms with Crippen molar-refractivity contribution in [2.45, 2.75) is 43.9 Å². The molecule has 2 amide bonds. The van der Waals surface area contributed by atoms with E-state index in [1.165, 1.54) is 14.1 Å². The molecule has 3 aromatic heterocycles. The zero-order valence-corrected chi connectivity index (χ0v) is 33.2. The summed E-state index contributed by atoms with van der Waals surface area (Å²) in [6.07, 6.45) is -2.45. The van der Waals surface area contributed by atoms with Crippen molar-refractivity contribution >= 4 is 40.2 Å². The Hall–Kier alpha value is -5.52. The van der Waals surface area contributed by atoms with Crippen molar-refractivity contribution < 1.29 is 27.4 Å². The van der Waals surface area contributed by atoms with Crippen LogP contribution >= 0.6 is 11.6 Å². The Labute approximate surface area is 335 Å². The highest BCUT2D eigenvalue weighted by Crippen LogP contribution is 2.47. The summed E-state index contributed by atoms with van der Waals surface area (Å²) in [6, 6.07) is 12.8. The number of methoxy groups -OCH3 is 2. The third-order valence-electron chi connectivity index (χ3n) is 11.6. The van der Waals surface area contributed by atoms with Gasteiger partial charge in [0.25, 0.3) is 5.56 Å². The van der Waals surface area contributed by atoms with E-state index in [1.807, 2.05) is 29.2 Å². The van der Waals surface area contributed by atoms with Crippen LogP contribution in [0.25, 0.3) is 33.4 Å². The Morgan fingerprint density at radius 3 is 2.48 bits per heavy atom. The SMILES string of the molecule is COCCN1C[C@@]2(CCN([C@H]3CCc4cc(-c5cccc(-c6cccc(Nc7nc(C(F)(F)F)nc8c7c(=O)n(C)c(=O)n8C)c6C)c5Cl)nc(OC)c43)C2)NC1=O. The van der Waals surface area contributed by atoms with Crippen LogP contribution in [0.5, 0.6) is 5.88 Å². The smallest absolute Gasteiger partial charge is 0.451 e. The highest BCUT2D eigenvalue weighted by atomic mass is 35.5. The van der Waals surface area contributed by atoms with Crippen molar-refractivity contribution in [3.05, 3.63) is 90.8 Å². The molecular weight excluding hydrogens is 779 g/mol. The first-order valence-corrected chi connectivity index (χ1v) is 19.1. The molecule has 2 saturated heterocycles. The zero-order chi connectivity index (χ0) is 41.3. The number of likely N-dealkylation sites (tertiary alicyclic amines) is 1. The fourth-order valence-electron chi connectivity index (χ4n) is 8.61. The normalized spacial score (nSPS) is 19.4. The van der Waals surface area contributed by atoms with Crippen LogP contribution in [0.1, 0.15) is 41.4 Å². The lowest BCUT2D eigenvalue weighted by atomic mass is 9.96. The average molecular weight is 820 g/mol. The quantitative estimate of drug-likeness (QED) is 0.193. The molecule has 2 N–H and O–H groups in total. The van der Waals surface area contributed by atoms with Crippen molar-refractivity contribution in [1.82, 2.24) is 39.2 Å². The van der Waals surface area contributed by atoms with E-state index < -0.39 is 34.7 Å². The van der Waals surface area contributed by atoms with Crippen LogP contribution in [0.4, 0.5) is 29.5 Å². The minimum absolute atomic E-state index is 0.0630. The summed E-state index contributed by atoms with van der Waals surface area (Å²) in [4.78, 5) is 55.1. The molecule has 1 aliphatic carbocycles. The van der Waals surface area contributed by atoms with E-state index in [0.717, 1.165) is 46.1 Å². The van der Waals surface area contributed by atoms with E-state index in [-0.39, 0.29) is 23.0 Å². The minimum Gasteiger partial charge on any atom is -0.481 e. The van der Waals surface area contributed by atoms with E-state index >= 15 is 0 Å². The fourth-order valence-corrected chi connectivity index (χ4v) is 8.94. The number of benzene rings is 2. The molecule has 304 valence electrons. The number of nitrogens with zero attached hydrogens (tertiary/aromatic N) is 7. The van der Waals surface area contributed by atoms with Crippen LogP contribution in [0.15, 0.2) is 52.1 Å². The minimum atomic E-state index is -4.96. The van der Waals surface area contributed by atoms with E-state index in [2.05, 4.69) is 31.6 Å². The Morgan fingerprint density at radius 2 is 1.74 bits per heavy atom. The molecule has 58 heavy (non-hydrogen) atoms. The maximum atomic E-state index is 14.0. The van der Waals surface area contributed by atoms with Crippen molar-refractivity contribution in [3.8, 4) is 28.3 Å². The number of carbonyl (C=O) groups excluding carboxylic acids is 1. The number of anilines is 2. The molecule has 2 aliphatic heterocycles. The second-order valence-corrected chi connectivity index (χ2v) is 15.4. The number of pyridine rings is 1. The van der Waals surface area contributed by atoms with Gasteiger partial charge in [0.2, 0.25) is 11.7 Å². The fraction of sp³-hybridized carbons (Fsp3) is 0.400. The van der Waals surface area contributed by atoms with Gasteiger partial charge in [-0.3, -0.25) is 18.8 Å². The summed E-state index contributed by atoms with van der Waals surface area (Å²) in [5.74, 6) is -1.39. The lowest BCUT2D eigenvalue weighted by Crippen LogP contribution is -2.46. The average Bonchev–Trinajstić information content (AvgIpc) is 3.90. The number of aryl methyl sites for hydroxylation is 2. The number of urea groups is 1. The van der Waals surface area contributed by atoms with Gasteiger partial charge in [-0.15, -0.1) is 0 Å². The van der Waals surface area contributed by atoms with Crippen LogP contribution in [0, 0.1) is 6.92 Å². The number of hydrogen-bond acceptors (Lipinski definition) is 10. The molecule has 5 heterocycles. The standard InChI is InChI=1S/C40H41ClF3N9O5/c1-21-23(8-7-11-26(21)45-32-30-33(48-36(47-32)40(42,43)44)50(2)38(56)51(3)35(30)54)24-9-6-10-25(31(24)41)27-18-22-12-13-28(29(22)34(46-27)58-5)52-15-14-39(19-52)20-53(16-17-57-4)37(55)49-39/h6-11,18,28H,12-17,19-20H2,1-5H3,(H,49,55)(H,45,47,48)/t28-,39-/m0/s1. The first kappa shape index (κ1) is 39.3.